The van der Waals surface area contributed by atoms with Crippen LogP contribution in [0.15, 0.2) is 35.3 Å². The van der Waals surface area contributed by atoms with Crippen LogP contribution in [0.25, 0.3) is 16.7 Å². The molecule has 0 aromatic carbocycles. The van der Waals surface area contributed by atoms with E-state index in [0.29, 0.717) is 5.88 Å². The molecule has 3 heterocycles. The van der Waals surface area contributed by atoms with E-state index in [4.69, 9.17) is 11.6 Å². The number of alkyl halides is 1. The lowest BCUT2D eigenvalue weighted by molar-refractivity contribution is 0.987. The highest BCUT2D eigenvalue weighted by Crippen LogP contribution is 2.23. The van der Waals surface area contributed by atoms with Crippen LogP contribution in [0.5, 0.6) is 0 Å². The third-order valence-electron chi connectivity index (χ3n) is 2.41. The first-order chi connectivity index (χ1) is 7.90. The topological polar surface area (TPSA) is 30.7 Å². The molecule has 3 aromatic heterocycles. The smallest absolute Gasteiger partial charge is 0.129 e. The first kappa shape index (κ1) is 9.81. The van der Waals surface area contributed by atoms with E-state index in [9.17, 15) is 0 Å². The van der Waals surface area contributed by atoms with Gasteiger partial charge >= 0.3 is 0 Å². The molecule has 0 aliphatic rings. The lowest BCUT2D eigenvalue weighted by atomic mass is 10.4. The van der Waals surface area contributed by atoms with Crippen LogP contribution >= 0.6 is 22.9 Å². The molecule has 0 saturated carbocycles. The second-order valence-electron chi connectivity index (χ2n) is 3.34. The maximum atomic E-state index is 5.92. The van der Waals surface area contributed by atoms with Crippen molar-refractivity contribution in [3.8, 4) is 5.69 Å². The third kappa shape index (κ3) is 1.42. The van der Waals surface area contributed by atoms with Crippen molar-refractivity contribution < 1.29 is 0 Å². The second kappa shape index (κ2) is 3.88. The molecule has 0 aliphatic heterocycles. The Balaban J connectivity index is 2.36. The molecular formula is C11H8ClN3S. The standard InChI is InChI=1S/C11H8ClN3S/c12-5-11-14-9-6-13-3-1-10(9)15(11)8-2-4-16-7-8/h1-4,6-7H,5H2. The van der Waals surface area contributed by atoms with Gasteiger partial charge in [-0.1, -0.05) is 0 Å². The first-order valence-electron chi connectivity index (χ1n) is 4.80. The van der Waals surface area contributed by atoms with Crippen LogP contribution in [-0.2, 0) is 5.88 Å². The van der Waals surface area contributed by atoms with E-state index < -0.39 is 0 Å². The normalized spacial score (nSPS) is 11.1. The lowest BCUT2D eigenvalue weighted by Gasteiger charge is -2.03. The van der Waals surface area contributed by atoms with Crippen molar-refractivity contribution in [3.05, 3.63) is 41.1 Å². The fourth-order valence-electron chi connectivity index (χ4n) is 1.74. The van der Waals surface area contributed by atoms with Gasteiger partial charge in [-0.2, -0.15) is 11.3 Å². The van der Waals surface area contributed by atoms with Crippen LogP contribution < -0.4 is 0 Å². The van der Waals surface area contributed by atoms with Gasteiger partial charge in [-0.05, 0) is 17.5 Å². The molecule has 0 N–H and O–H groups in total. The van der Waals surface area contributed by atoms with Crippen molar-refractivity contribution in [1.82, 2.24) is 14.5 Å². The number of hydrogen-bond acceptors (Lipinski definition) is 3. The van der Waals surface area contributed by atoms with Gasteiger partial charge in [-0.15, -0.1) is 11.6 Å². The Morgan fingerprint density at radius 2 is 2.31 bits per heavy atom. The zero-order valence-electron chi connectivity index (χ0n) is 8.30. The van der Waals surface area contributed by atoms with Gasteiger partial charge in [0.25, 0.3) is 0 Å². The van der Waals surface area contributed by atoms with Gasteiger partial charge in [-0.25, -0.2) is 4.98 Å². The minimum absolute atomic E-state index is 0.393. The summed E-state index contributed by atoms with van der Waals surface area (Å²) in [6, 6.07) is 4.01. The third-order valence-corrected chi connectivity index (χ3v) is 3.32. The molecule has 0 spiro atoms. The van der Waals surface area contributed by atoms with Crippen molar-refractivity contribution in [1.29, 1.82) is 0 Å². The maximum absolute atomic E-state index is 5.92. The van der Waals surface area contributed by atoms with Crippen LogP contribution in [-0.4, -0.2) is 14.5 Å². The Kier molecular flexibility index (Phi) is 2.38. The van der Waals surface area contributed by atoms with E-state index in [1.807, 2.05) is 11.4 Å². The van der Waals surface area contributed by atoms with Gasteiger partial charge < -0.3 is 0 Å². The Hall–Kier alpha value is -1.39. The number of nitrogens with zero attached hydrogens (tertiary/aromatic N) is 3. The van der Waals surface area contributed by atoms with Crippen LogP contribution in [0, 0.1) is 0 Å². The lowest BCUT2D eigenvalue weighted by Crippen LogP contribution is -1.97. The summed E-state index contributed by atoms with van der Waals surface area (Å²) in [4.78, 5) is 8.53. The molecule has 3 nitrogen and oxygen atoms in total. The molecule has 0 bridgehead atoms. The zero-order valence-corrected chi connectivity index (χ0v) is 9.87. The quantitative estimate of drug-likeness (QED) is 0.653. The Bertz CT molecular complexity index is 615. The summed E-state index contributed by atoms with van der Waals surface area (Å²) in [6.07, 6.45) is 3.53. The van der Waals surface area contributed by atoms with Crippen LogP contribution in [0.4, 0.5) is 0 Å². The number of imidazole rings is 1. The average molecular weight is 250 g/mol. The van der Waals surface area contributed by atoms with E-state index in [0.717, 1.165) is 22.5 Å². The van der Waals surface area contributed by atoms with E-state index in [-0.39, 0.29) is 0 Å². The Labute approximate surface area is 101 Å². The second-order valence-corrected chi connectivity index (χ2v) is 4.39. The summed E-state index contributed by atoms with van der Waals surface area (Å²) >= 11 is 7.58. The minimum Gasteiger partial charge on any atom is -0.294 e. The largest absolute Gasteiger partial charge is 0.294 e. The predicted molar refractivity (Wildman–Crippen MR) is 66.3 cm³/mol. The van der Waals surface area contributed by atoms with Gasteiger partial charge in [-0.3, -0.25) is 9.55 Å². The molecule has 0 radical (unpaired) electrons. The van der Waals surface area contributed by atoms with Crippen LogP contribution in [0.2, 0.25) is 0 Å². The molecular weight excluding hydrogens is 242 g/mol. The zero-order chi connectivity index (χ0) is 11.0. The highest BCUT2D eigenvalue weighted by molar-refractivity contribution is 7.08. The number of fused-ring (bicyclic) bond motifs is 1. The number of rotatable bonds is 2. The highest BCUT2D eigenvalue weighted by Gasteiger charge is 2.11. The van der Waals surface area contributed by atoms with Crippen molar-refractivity contribution in [2.45, 2.75) is 5.88 Å². The van der Waals surface area contributed by atoms with Gasteiger partial charge in [0, 0.05) is 11.6 Å². The SMILES string of the molecule is ClCc1nc2cnccc2n1-c1ccsc1. The van der Waals surface area contributed by atoms with E-state index in [2.05, 4.69) is 26.0 Å². The maximum Gasteiger partial charge on any atom is 0.129 e. The molecule has 3 rings (SSSR count). The molecule has 0 fully saturated rings. The van der Waals surface area contributed by atoms with Gasteiger partial charge in [0.05, 0.1) is 23.3 Å². The number of thiophene rings is 1. The average Bonchev–Trinajstić information content (AvgIpc) is 2.94. The molecule has 0 aliphatic carbocycles. The summed E-state index contributed by atoms with van der Waals surface area (Å²) in [5.41, 5.74) is 3.03. The van der Waals surface area contributed by atoms with Crippen LogP contribution in [0.3, 0.4) is 0 Å². The van der Waals surface area contributed by atoms with E-state index >= 15 is 0 Å². The Morgan fingerprint density at radius 3 is 3.06 bits per heavy atom. The number of aromatic nitrogens is 3. The molecule has 80 valence electrons. The van der Waals surface area contributed by atoms with E-state index in [1.54, 1.807) is 23.7 Å². The summed E-state index contributed by atoms with van der Waals surface area (Å²) < 4.78 is 2.07. The predicted octanol–water partition coefficient (Wildman–Crippen LogP) is 3.22. The molecule has 3 aromatic rings. The van der Waals surface area contributed by atoms with Crippen LogP contribution in [0.1, 0.15) is 5.82 Å². The number of pyridine rings is 1. The summed E-state index contributed by atoms with van der Waals surface area (Å²) in [7, 11) is 0. The minimum atomic E-state index is 0.393. The molecule has 0 unspecified atom stereocenters. The molecule has 16 heavy (non-hydrogen) atoms. The fraction of sp³-hybridized carbons (Fsp3) is 0.0909. The molecule has 5 heteroatoms. The van der Waals surface area contributed by atoms with Crippen molar-refractivity contribution in [2.24, 2.45) is 0 Å². The highest BCUT2D eigenvalue weighted by atomic mass is 35.5. The molecule has 0 atom stereocenters. The molecule has 0 amide bonds. The van der Waals surface area contributed by atoms with Gasteiger partial charge in [0.2, 0.25) is 0 Å². The summed E-state index contributed by atoms with van der Waals surface area (Å²) in [6.45, 7) is 0. The summed E-state index contributed by atoms with van der Waals surface area (Å²) in [5, 5.41) is 4.12. The monoisotopic (exact) mass is 249 g/mol. The van der Waals surface area contributed by atoms with Crippen molar-refractivity contribution >= 4 is 34.0 Å². The summed E-state index contributed by atoms with van der Waals surface area (Å²) in [5.74, 6) is 1.24. The number of halogens is 1. The van der Waals surface area contributed by atoms with E-state index in [1.165, 1.54) is 0 Å². The number of hydrogen-bond donors (Lipinski definition) is 0. The van der Waals surface area contributed by atoms with Crippen molar-refractivity contribution in [3.63, 3.8) is 0 Å². The van der Waals surface area contributed by atoms with Crippen molar-refractivity contribution in [2.75, 3.05) is 0 Å². The molecule has 0 saturated heterocycles. The fourth-order valence-corrected chi connectivity index (χ4v) is 2.54. The van der Waals surface area contributed by atoms with Gasteiger partial charge in [0.15, 0.2) is 0 Å². The first-order valence-corrected chi connectivity index (χ1v) is 6.28. The van der Waals surface area contributed by atoms with Gasteiger partial charge in [0.1, 0.15) is 11.3 Å². The Morgan fingerprint density at radius 1 is 1.38 bits per heavy atom.